The van der Waals surface area contributed by atoms with Crippen LogP contribution in [0.1, 0.15) is 34.5 Å². The zero-order valence-corrected chi connectivity index (χ0v) is 21.1. The maximum atomic E-state index is 12.7. The molecule has 1 fully saturated rings. The molecule has 2 aliphatic heterocycles. The standard InChI is InChI=1S/C26H30Cl2N4O3/c1-18(24-22(27)6-3-7-23(24)28)35-26(29)9-8-21(17-31-26)19-4-2-5-20(16-19)25(33)30-10-11-32-12-14-34-15-13-32/h2-9,16-18,31H,10-15,29H2,1H3,(H,30,33). The third kappa shape index (κ3) is 6.64. The molecule has 2 aromatic rings. The van der Waals surface area contributed by atoms with Gasteiger partial charge in [-0.2, -0.15) is 0 Å². The lowest BCUT2D eigenvalue weighted by molar-refractivity contribution is -0.0673. The fourth-order valence-corrected chi connectivity index (χ4v) is 4.80. The van der Waals surface area contributed by atoms with Gasteiger partial charge in [0.05, 0.1) is 19.3 Å². The van der Waals surface area contributed by atoms with Crippen molar-refractivity contribution < 1.29 is 14.3 Å². The second-order valence-electron chi connectivity index (χ2n) is 8.56. The number of ether oxygens (including phenoxy) is 2. The van der Waals surface area contributed by atoms with Crippen molar-refractivity contribution in [3.05, 3.63) is 87.6 Å². The van der Waals surface area contributed by atoms with Gasteiger partial charge in [0.1, 0.15) is 0 Å². The van der Waals surface area contributed by atoms with Crippen LogP contribution in [0.5, 0.6) is 0 Å². The molecule has 2 aliphatic rings. The molecule has 35 heavy (non-hydrogen) atoms. The predicted molar refractivity (Wildman–Crippen MR) is 139 cm³/mol. The number of benzene rings is 2. The number of halogens is 2. The molecule has 4 rings (SSSR count). The SMILES string of the molecule is CC(OC1(N)C=CC(c2cccc(C(=O)NCCN3CCOCC3)c2)=CN1)c1c(Cl)cccc1Cl. The molecule has 2 heterocycles. The smallest absolute Gasteiger partial charge is 0.251 e. The van der Waals surface area contributed by atoms with Crippen LogP contribution in [0, 0.1) is 0 Å². The number of amides is 1. The number of carbonyl (C=O) groups is 1. The Balaban J connectivity index is 1.35. The van der Waals surface area contributed by atoms with E-state index in [2.05, 4.69) is 15.5 Å². The zero-order valence-electron chi connectivity index (χ0n) is 19.6. The number of hydrogen-bond donors (Lipinski definition) is 3. The van der Waals surface area contributed by atoms with Crippen LogP contribution in [0.2, 0.25) is 10.0 Å². The fourth-order valence-electron chi connectivity index (χ4n) is 4.10. The molecule has 2 atom stereocenters. The Labute approximate surface area is 215 Å². The minimum Gasteiger partial charge on any atom is -0.379 e. The van der Waals surface area contributed by atoms with Gasteiger partial charge >= 0.3 is 0 Å². The van der Waals surface area contributed by atoms with Crippen molar-refractivity contribution in [2.75, 3.05) is 39.4 Å². The number of carbonyl (C=O) groups excluding carboxylic acids is 1. The number of nitrogens with zero attached hydrogens (tertiary/aromatic N) is 1. The zero-order chi connectivity index (χ0) is 24.8. The van der Waals surface area contributed by atoms with E-state index in [0.29, 0.717) is 27.7 Å². The average molecular weight is 517 g/mol. The lowest BCUT2D eigenvalue weighted by Crippen LogP contribution is -2.53. The summed E-state index contributed by atoms with van der Waals surface area (Å²) in [5.74, 6) is -1.34. The molecule has 0 bridgehead atoms. The first kappa shape index (κ1) is 25.7. The highest BCUT2D eigenvalue weighted by molar-refractivity contribution is 6.36. The molecule has 0 saturated carbocycles. The Kier molecular flexibility index (Phi) is 8.49. The van der Waals surface area contributed by atoms with Gasteiger partial charge in [-0.25, -0.2) is 0 Å². The maximum Gasteiger partial charge on any atom is 0.251 e. The van der Waals surface area contributed by atoms with Crippen LogP contribution in [0.4, 0.5) is 0 Å². The number of dihydropyridines is 1. The summed E-state index contributed by atoms with van der Waals surface area (Å²) in [7, 11) is 0. The van der Waals surface area contributed by atoms with Gasteiger partial charge in [-0.15, -0.1) is 0 Å². The first-order valence-electron chi connectivity index (χ1n) is 11.6. The molecular formula is C26H30Cl2N4O3. The second kappa shape index (κ2) is 11.6. The molecule has 1 amide bonds. The summed E-state index contributed by atoms with van der Waals surface area (Å²) >= 11 is 12.6. The van der Waals surface area contributed by atoms with Gasteiger partial charge < -0.3 is 20.1 Å². The summed E-state index contributed by atoms with van der Waals surface area (Å²) in [6.07, 6.45) is 4.93. The molecule has 0 spiro atoms. The van der Waals surface area contributed by atoms with Gasteiger partial charge in [-0.3, -0.25) is 15.4 Å². The van der Waals surface area contributed by atoms with Crippen LogP contribution in [-0.4, -0.2) is 56.0 Å². The van der Waals surface area contributed by atoms with E-state index in [9.17, 15) is 4.79 Å². The van der Waals surface area contributed by atoms with Gasteiger partial charge in [0.2, 0.25) is 5.85 Å². The van der Waals surface area contributed by atoms with Crippen molar-refractivity contribution in [1.82, 2.24) is 15.5 Å². The van der Waals surface area contributed by atoms with E-state index in [4.69, 9.17) is 38.4 Å². The normalized spacial score (nSPS) is 21.2. The van der Waals surface area contributed by atoms with Gasteiger partial charge in [-0.1, -0.05) is 47.5 Å². The molecule has 9 heteroatoms. The van der Waals surface area contributed by atoms with Crippen molar-refractivity contribution in [3.8, 4) is 0 Å². The summed E-state index contributed by atoms with van der Waals surface area (Å²) in [5, 5.41) is 7.14. The van der Waals surface area contributed by atoms with Crippen molar-refractivity contribution >= 4 is 34.7 Å². The Hall–Kier alpha value is -2.39. The number of hydrogen-bond acceptors (Lipinski definition) is 6. The van der Waals surface area contributed by atoms with Crippen molar-refractivity contribution in [1.29, 1.82) is 0 Å². The van der Waals surface area contributed by atoms with E-state index >= 15 is 0 Å². The number of allylic oxidation sites excluding steroid dienone is 2. The van der Waals surface area contributed by atoms with Crippen LogP contribution in [-0.2, 0) is 9.47 Å². The highest BCUT2D eigenvalue weighted by atomic mass is 35.5. The highest BCUT2D eigenvalue weighted by Gasteiger charge is 2.28. The lowest BCUT2D eigenvalue weighted by Gasteiger charge is -2.33. The molecule has 2 unspecified atom stereocenters. The Morgan fingerprint density at radius 2 is 1.94 bits per heavy atom. The van der Waals surface area contributed by atoms with Gasteiger partial charge in [-0.05, 0) is 48.4 Å². The van der Waals surface area contributed by atoms with Crippen molar-refractivity contribution in [2.45, 2.75) is 18.9 Å². The molecule has 186 valence electrons. The molecule has 2 aromatic carbocycles. The molecule has 4 N–H and O–H groups in total. The van der Waals surface area contributed by atoms with Crippen LogP contribution in [0.25, 0.3) is 5.57 Å². The van der Waals surface area contributed by atoms with Crippen LogP contribution in [0.3, 0.4) is 0 Å². The van der Waals surface area contributed by atoms with Crippen LogP contribution in [0.15, 0.2) is 60.8 Å². The Bertz CT molecular complexity index is 1100. The summed E-state index contributed by atoms with van der Waals surface area (Å²) < 4.78 is 11.4. The maximum absolute atomic E-state index is 12.7. The van der Waals surface area contributed by atoms with E-state index in [1.807, 2.05) is 31.2 Å². The number of rotatable bonds is 8. The number of nitrogens with two attached hydrogens (primary N) is 1. The first-order chi connectivity index (χ1) is 16.8. The number of morpholine rings is 1. The largest absolute Gasteiger partial charge is 0.379 e. The van der Waals surface area contributed by atoms with E-state index in [-0.39, 0.29) is 5.91 Å². The van der Waals surface area contributed by atoms with Gasteiger partial charge in [0.15, 0.2) is 0 Å². The molecule has 1 saturated heterocycles. The van der Waals surface area contributed by atoms with Crippen molar-refractivity contribution in [2.24, 2.45) is 5.73 Å². The van der Waals surface area contributed by atoms with Gasteiger partial charge in [0, 0.05) is 53.6 Å². The Morgan fingerprint density at radius 3 is 2.63 bits per heavy atom. The van der Waals surface area contributed by atoms with E-state index < -0.39 is 12.0 Å². The molecule has 7 nitrogen and oxygen atoms in total. The summed E-state index contributed by atoms with van der Waals surface area (Å²) in [6.45, 7) is 6.53. The minimum absolute atomic E-state index is 0.101. The lowest BCUT2D eigenvalue weighted by atomic mass is 10.0. The first-order valence-corrected chi connectivity index (χ1v) is 12.4. The minimum atomic E-state index is -1.24. The van der Waals surface area contributed by atoms with Crippen LogP contribution < -0.4 is 16.4 Å². The molecular weight excluding hydrogens is 487 g/mol. The molecule has 0 aromatic heterocycles. The van der Waals surface area contributed by atoms with Crippen LogP contribution >= 0.6 is 23.2 Å². The molecule has 0 aliphatic carbocycles. The van der Waals surface area contributed by atoms with E-state index in [1.54, 1.807) is 36.5 Å². The topological polar surface area (TPSA) is 88.8 Å². The molecule has 0 radical (unpaired) electrons. The quantitative estimate of drug-likeness (QED) is 0.460. The fraction of sp³-hybridized carbons (Fsp3) is 0.346. The Morgan fingerprint density at radius 1 is 1.23 bits per heavy atom. The third-order valence-corrected chi connectivity index (χ3v) is 6.68. The van der Waals surface area contributed by atoms with E-state index in [1.165, 1.54) is 0 Å². The third-order valence-electron chi connectivity index (χ3n) is 6.02. The number of nitrogens with one attached hydrogen (secondary N) is 2. The van der Waals surface area contributed by atoms with E-state index in [0.717, 1.165) is 44.0 Å². The average Bonchev–Trinajstić information content (AvgIpc) is 2.85. The van der Waals surface area contributed by atoms with Gasteiger partial charge in [0.25, 0.3) is 5.91 Å². The monoisotopic (exact) mass is 516 g/mol. The summed E-state index contributed by atoms with van der Waals surface area (Å²) in [4.78, 5) is 14.9. The summed E-state index contributed by atoms with van der Waals surface area (Å²) in [6, 6.07) is 12.8. The van der Waals surface area contributed by atoms with Crippen molar-refractivity contribution in [3.63, 3.8) is 0 Å². The highest BCUT2D eigenvalue weighted by Crippen LogP contribution is 2.34. The summed E-state index contributed by atoms with van der Waals surface area (Å²) in [5.41, 5.74) is 9.45. The second-order valence-corrected chi connectivity index (χ2v) is 9.37. The predicted octanol–water partition coefficient (Wildman–Crippen LogP) is 3.95.